The average molecular weight is 229 g/mol. The number of nitrogens with zero attached hydrogens (tertiary/aromatic N) is 2. The van der Waals surface area contributed by atoms with Gasteiger partial charge in [-0.25, -0.2) is 4.90 Å². The van der Waals surface area contributed by atoms with Gasteiger partial charge >= 0.3 is 0 Å². The third-order valence-electron chi connectivity index (χ3n) is 3.09. The van der Waals surface area contributed by atoms with Gasteiger partial charge in [0.1, 0.15) is 12.0 Å². The van der Waals surface area contributed by atoms with Gasteiger partial charge in [0.05, 0.1) is 5.69 Å². The number of nitrogens with one attached hydrogen (secondary N) is 1. The molecule has 0 aliphatic carbocycles. The maximum Gasteiger partial charge on any atom is 0.259 e. The van der Waals surface area contributed by atoms with Crippen LogP contribution in [0.4, 0.5) is 5.69 Å². The van der Waals surface area contributed by atoms with E-state index in [0.717, 1.165) is 5.56 Å². The summed E-state index contributed by atoms with van der Waals surface area (Å²) in [5.74, 6) is -0.900. The molecule has 0 spiro atoms. The highest BCUT2D eigenvalue weighted by molar-refractivity contribution is 6.28. The van der Waals surface area contributed by atoms with Crippen LogP contribution < -0.4 is 10.3 Å². The number of anilines is 1. The lowest BCUT2D eigenvalue weighted by molar-refractivity contribution is -0.122. The highest BCUT2D eigenvalue weighted by atomic mass is 16.2. The van der Waals surface area contributed by atoms with E-state index in [9.17, 15) is 9.59 Å². The van der Waals surface area contributed by atoms with Crippen LogP contribution in [0.3, 0.4) is 0 Å². The van der Waals surface area contributed by atoms with Gasteiger partial charge in [0.2, 0.25) is 5.91 Å². The molecule has 0 aromatic heterocycles. The lowest BCUT2D eigenvalue weighted by Crippen LogP contribution is -2.36. The number of benzene rings is 1. The minimum Gasteiger partial charge on any atom is -0.297 e. The van der Waals surface area contributed by atoms with Crippen LogP contribution >= 0.6 is 0 Å². The number of imide groups is 1. The number of carbonyl (C=O) groups is 2. The molecule has 2 amide bonds. The second kappa shape index (κ2) is 3.41. The Hall–Kier alpha value is -2.17. The number of fused-ring (bicyclic) bond motifs is 1. The van der Waals surface area contributed by atoms with Crippen molar-refractivity contribution in [2.24, 2.45) is 11.0 Å². The number of hydrogen-bond acceptors (Lipinski definition) is 4. The molecule has 0 bridgehead atoms. The Morgan fingerprint density at radius 2 is 1.88 bits per heavy atom. The molecule has 2 atom stereocenters. The Bertz CT molecular complexity index is 521. The smallest absolute Gasteiger partial charge is 0.259 e. The zero-order valence-corrected chi connectivity index (χ0v) is 9.25. The summed E-state index contributed by atoms with van der Waals surface area (Å²) in [5.41, 5.74) is 4.38. The first-order valence-electron chi connectivity index (χ1n) is 5.41. The molecule has 0 saturated carbocycles. The fourth-order valence-electron chi connectivity index (χ4n) is 2.13. The first-order chi connectivity index (χ1) is 8.18. The molecule has 5 nitrogen and oxygen atoms in total. The van der Waals surface area contributed by atoms with Gasteiger partial charge < -0.3 is 0 Å². The van der Waals surface area contributed by atoms with E-state index >= 15 is 0 Å². The van der Waals surface area contributed by atoms with Crippen LogP contribution in [-0.2, 0) is 9.59 Å². The van der Waals surface area contributed by atoms with Crippen LogP contribution in [0.5, 0.6) is 0 Å². The number of carbonyl (C=O) groups excluding carboxylic acids is 2. The summed E-state index contributed by atoms with van der Waals surface area (Å²) in [4.78, 5) is 25.3. The summed E-state index contributed by atoms with van der Waals surface area (Å²) in [7, 11) is 0. The van der Waals surface area contributed by atoms with E-state index in [-0.39, 0.29) is 11.8 Å². The first-order valence-corrected chi connectivity index (χ1v) is 5.41. The van der Waals surface area contributed by atoms with E-state index in [4.69, 9.17) is 0 Å². The largest absolute Gasteiger partial charge is 0.297 e. The lowest BCUT2D eigenvalue weighted by Gasteiger charge is -2.15. The van der Waals surface area contributed by atoms with Crippen molar-refractivity contribution in [2.45, 2.75) is 13.0 Å². The molecule has 1 aromatic rings. The maximum atomic E-state index is 12.1. The van der Waals surface area contributed by atoms with Crippen molar-refractivity contribution in [2.75, 3.05) is 4.90 Å². The summed E-state index contributed by atoms with van der Waals surface area (Å²) in [6, 6.07) is 6.80. The monoisotopic (exact) mass is 229 g/mol. The lowest BCUT2D eigenvalue weighted by atomic mass is 10.1. The normalized spacial score (nSPS) is 26.3. The average Bonchev–Trinajstić information content (AvgIpc) is 2.87. The van der Waals surface area contributed by atoms with Crippen molar-refractivity contribution in [3.63, 3.8) is 0 Å². The van der Waals surface area contributed by atoms with Gasteiger partial charge in [-0.2, -0.15) is 5.10 Å². The third-order valence-corrected chi connectivity index (χ3v) is 3.09. The number of hydrazone groups is 1. The molecule has 1 aromatic carbocycles. The van der Waals surface area contributed by atoms with E-state index in [2.05, 4.69) is 10.5 Å². The number of hydrogen-bond donors (Lipinski definition) is 1. The number of rotatable bonds is 1. The molecule has 2 aliphatic rings. The van der Waals surface area contributed by atoms with E-state index in [1.54, 1.807) is 12.1 Å². The summed E-state index contributed by atoms with van der Waals surface area (Å²) in [6.07, 6.45) is 1.50. The molecule has 17 heavy (non-hydrogen) atoms. The topological polar surface area (TPSA) is 61.8 Å². The van der Waals surface area contributed by atoms with Crippen LogP contribution in [0.2, 0.25) is 0 Å². The Morgan fingerprint density at radius 3 is 2.53 bits per heavy atom. The Morgan fingerprint density at radius 1 is 1.18 bits per heavy atom. The van der Waals surface area contributed by atoms with Crippen LogP contribution in [0.1, 0.15) is 5.56 Å². The quantitative estimate of drug-likeness (QED) is 0.711. The van der Waals surface area contributed by atoms with E-state index < -0.39 is 12.0 Å². The molecule has 2 aliphatic heterocycles. The minimum atomic E-state index is -0.524. The van der Waals surface area contributed by atoms with Gasteiger partial charge in [0, 0.05) is 6.21 Å². The van der Waals surface area contributed by atoms with Crippen molar-refractivity contribution in [1.29, 1.82) is 0 Å². The van der Waals surface area contributed by atoms with Crippen LogP contribution in [0.25, 0.3) is 0 Å². The molecule has 5 heteroatoms. The molecule has 86 valence electrons. The van der Waals surface area contributed by atoms with Gasteiger partial charge in [0.15, 0.2) is 0 Å². The molecular weight excluding hydrogens is 218 g/mol. The standard InChI is InChI=1S/C12H11N3O2/c1-7-2-4-8(5-3-7)15-11(16)9-6-13-14-10(9)12(15)17/h2-6,9-10,14H,1H3/t9-,10+/m1/s1. The first kappa shape index (κ1) is 10.0. The van der Waals surface area contributed by atoms with Crippen molar-refractivity contribution < 1.29 is 9.59 Å². The zero-order chi connectivity index (χ0) is 12.0. The van der Waals surface area contributed by atoms with Crippen LogP contribution in [0.15, 0.2) is 29.4 Å². The van der Waals surface area contributed by atoms with E-state index in [1.165, 1.54) is 11.1 Å². The second-order valence-corrected chi connectivity index (χ2v) is 4.26. The Kier molecular flexibility index (Phi) is 2.01. The van der Waals surface area contributed by atoms with Gasteiger partial charge in [-0.3, -0.25) is 15.0 Å². The van der Waals surface area contributed by atoms with E-state index in [0.29, 0.717) is 5.69 Å². The number of amides is 2. The molecular formula is C12H11N3O2. The summed E-state index contributed by atoms with van der Waals surface area (Å²) in [6.45, 7) is 1.96. The fourth-order valence-corrected chi connectivity index (χ4v) is 2.13. The summed E-state index contributed by atoms with van der Waals surface area (Å²) < 4.78 is 0. The maximum absolute atomic E-state index is 12.1. The van der Waals surface area contributed by atoms with Crippen molar-refractivity contribution >= 4 is 23.7 Å². The predicted molar refractivity (Wildman–Crippen MR) is 62.6 cm³/mol. The summed E-state index contributed by atoms with van der Waals surface area (Å²) in [5, 5.41) is 3.77. The van der Waals surface area contributed by atoms with Gasteiger partial charge in [-0.05, 0) is 19.1 Å². The second-order valence-electron chi connectivity index (χ2n) is 4.26. The SMILES string of the molecule is Cc1ccc(N2C(=O)[C@H]3NN=C[C@H]3C2=O)cc1. The molecule has 1 N–H and O–H groups in total. The van der Waals surface area contributed by atoms with Crippen molar-refractivity contribution in [3.05, 3.63) is 29.8 Å². The molecule has 2 heterocycles. The predicted octanol–water partition coefficient (Wildman–Crippen LogP) is 0.442. The molecule has 0 radical (unpaired) electrons. The Balaban J connectivity index is 1.99. The summed E-state index contributed by atoms with van der Waals surface area (Å²) >= 11 is 0. The molecule has 1 saturated heterocycles. The number of aryl methyl sites for hydroxylation is 1. The van der Waals surface area contributed by atoms with Gasteiger partial charge in [0.25, 0.3) is 5.91 Å². The van der Waals surface area contributed by atoms with Crippen LogP contribution in [-0.4, -0.2) is 24.1 Å². The van der Waals surface area contributed by atoms with Gasteiger partial charge in [-0.15, -0.1) is 0 Å². The van der Waals surface area contributed by atoms with E-state index in [1.807, 2.05) is 19.1 Å². The highest BCUT2D eigenvalue weighted by Gasteiger charge is 2.49. The third kappa shape index (κ3) is 1.35. The van der Waals surface area contributed by atoms with Gasteiger partial charge in [-0.1, -0.05) is 17.7 Å². The van der Waals surface area contributed by atoms with Crippen molar-refractivity contribution in [1.82, 2.24) is 5.43 Å². The molecule has 3 rings (SSSR count). The highest BCUT2D eigenvalue weighted by Crippen LogP contribution is 2.27. The molecule has 0 unspecified atom stereocenters. The fraction of sp³-hybridized carbons (Fsp3) is 0.250. The zero-order valence-electron chi connectivity index (χ0n) is 9.25. The van der Waals surface area contributed by atoms with Crippen LogP contribution in [0, 0.1) is 12.8 Å². The van der Waals surface area contributed by atoms with Crippen molar-refractivity contribution in [3.8, 4) is 0 Å². The Labute approximate surface area is 98.1 Å². The minimum absolute atomic E-state index is 0.211. The molecule has 1 fully saturated rings.